The highest BCUT2D eigenvalue weighted by molar-refractivity contribution is 6.16. The highest BCUT2D eigenvalue weighted by atomic mass is 16.5. The Bertz CT molecular complexity index is 325. The highest BCUT2D eigenvalue weighted by Gasteiger charge is 2.15. The van der Waals surface area contributed by atoms with Gasteiger partial charge in [0, 0.05) is 11.8 Å². The van der Waals surface area contributed by atoms with Crippen LogP contribution in [0.4, 0.5) is 0 Å². The molecule has 0 aliphatic carbocycles. The summed E-state index contributed by atoms with van der Waals surface area (Å²) >= 11 is 0. The van der Waals surface area contributed by atoms with Gasteiger partial charge in [-0.2, -0.15) is 0 Å². The van der Waals surface area contributed by atoms with Crippen LogP contribution in [0.3, 0.4) is 0 Å². The Morgan fingerprint density at radius 2 is 2.36 bits per heavy atom. The van der Waals surface area contributed by atoms with Crippen LogP contribution in [-0.4, -0.2) is 12.1 Å². The van der Waals surface area contributed by atoms with Crippen LogP contribution in [0.25, 0.3) is 5.57 Å². The van der Waals surface area contributed by atoms with E-state index in [9.17, 15) is 4.79 Å². The van der Waals surface area contributed by atoms with Crippen LogP contribution in [-0.2, 0) is 9.53 Å². The molecular weight excluding hydrogens is 182 g/mol. The molecule has 76 valence electrons. The van der Waals surface area contributed by atoms with Crippen molar-refractivity contribution in [1.82, 2.24) is 0 Å². The number of hydrogen-bond acceptors (Lipinski definition) is 4. The Labute approximate surface area is 82.3 Å². The molecule has 0 saturated carbocycles. The largest absolute Gasteiger partial charge is 0.472 e. The van der Waals surface area contributed by atoms with Crippen molar-refractivity contribution < 1.29 is 13.9 Å². The smallest absolute Gasteiger partial charge is 0.340 e. The van der Waals surface area contributed by atoms with E-state index in [-0.39, 0.29) is 6.10 Å². The molecule has 0 aliphatic heterocycles. The van der Waals surface area contributed by atoms with E-state index >= 15 is 0 Å². The van der Waals surface area contributed by atoms with Crippen molar-refractivity contribution in [1.29, 1.82) is 0 Å². The molecule has 0 bridgehead atoms. The second-order valence-electron chi connectivity index (χ2n) is 3.05. The van der Waals surface area contributed by atoms with Gasteiger partial charge < -0.3 is 14.9 Å². The highest BCUT2D eigenvalue weighted by Crippen LogP contribution is 2.15. The number of ether oxygens (including phenoxy) is 1. The number of esters is 1. The summed E-state index contributed by atoms with van der Waals surface area (Å²) in [4.78, 5) is 11.5. The van der Waals surface area contributed by atoms with Crippen molar-refractivity contribution in [2.24, 2.45) is 5.73 Å². The molecule has 4 nitrogen and oxygen atoms in total. The second kappa shape index (κ2) is 4.50. The Kier molecular flexibility index (Phi) is 3.34. The van der Waals surface area contributed by atoms with Gasteiger partial charge >= 0.3 is 5.97 Å². The van der Waals surface area contributed by atoms with E-state index in [1.54, 1.807) is 19.9 Å². The van der Waals surface area contributed by atoms with Gasteiger partial charge in [-0.3, -0.25) is 0 Å². The van der Waals surface area contributed by atoms with Crippen molar-refractivity contribution in [3.05, 3.63) is 30.4 Å². The van der Waals surface area contributed by atoms with Gasteiger partial charge in [0.1, 0.15) is 0 Å². The monoisotopic (exact) mass is 195 g/mol. The maximum atomic E-state index is 11.5. The summed E-state index contributed by atoms with van der Waals surface area (Å²) in [5.74, 6) is -0.441. The topological polar surface area (TPSA) is 65.5 Å². The van der Waals surface area contributed by atoms with Crippen LogP contribution in [0.1, 0.15) is 19.4 Å². The van der Waals surface area contributed by atoms with E-state index in [1.807, 2.05) is 0 Å². The lowest BCUT2D eigenvalue weighted by Gasteiger charge is -2.08. The Hall–Kier alpha value is -1.71. The van der Waals surface area contributed by atoms with E-state index in [4.69, 9.17) is 14.9 Å². The first-order chi connectivity index (χ1) is 6.65. The van der Waals surface area contributed by atoms with Crippen molar-refractivity contribution >= 4 is 11.5 Å². The number of rotatable bonds is 3. The lowest BCUT2D eigenvalue weighted by Crippen LogP contribution is -2.13. The van der Waals surface area contributed by atoms with Crippen LogP contribution in [0.5, 0.6) is 0 Å². The first-order valence-corrected chi connectivity index (χ1v) is 4.30. The third-order valence-electron chi connectivity index (χ3n) is 1.56. The van der Waals surface area contributed by atoms with E-state index in [1.165, 1.54) is 18.7 Å². The van der Waals surface area contributed by atoms with Crippen molar-refractivity contribution in [3.8, 4) is 0 Å². The van der Waals surface area contributed by atoms with Gasteiger partial charge in [0.15, 0.2) is 0 Å². The van der Waals surface area contributed by atoms with Gasteiger partial charge in [-0.05, 0) is 19.9 Å². The normalized spacial score (nSPS) is 11.8. The summed E-state index contributed by atoms with van der Waals surface area (Å²) < 4.78 is 9.85. The minimum atomic E-state index is -0.441. The zero-order chi connectivity index (χ0) is 10.6. The first-order valence-electron chi connectivity index (χ1n) is 4.30. The molecule has 1 heterocycles. The van der Waals surface area contributed by atoms with Gasteiger partial charge in [-0.25, -0.2) is 4.79 Å². The van der Waals surface area contributed by atoms with Gasteiger partial charge in [0.25, 0.3) is 0 Å². The fraction of sp³-hybridized carbons (Fsp3) is 0.300. The summed E-state index contributed by atoms with van der Waals surface area (Å²) in [6.07, 6.45) is 3.97. The van der Waals surface area contributed by atoms with Gasteiger partial charge in [-0.1, -0.05) is 0 Å². The Morgan fingerprint density at radius 3 is 2.79 bits per heavy atom. The summed E-state index contributed by atoms with van der Waals surface area (Å²) in [6.45, 7) is 3.56. The fourth-order valence-electron chi connectivity index (χ4n) is 0.977. The lowest BCUT2D eigenvalue weighted by atomic mass is 10.1. The van der Waals surface area contributed by atoms with E-state index in [0.717, 1.165) is 0 Å². The van der Waals surface area contributed by atoms with Gasteiger partial charge in [0.2, 0.25) is 0 Å². The number of nitrogens with two attached hydrogens (primary N) is 1. The molecule has 0 aliphatic rings. The molecule has 0 unspecified atom stereocenters. The Morgan fingerprint density at radius 1 is 1.64 bits per heavy atom. The summed E-state index contributed by atoms with van der Waals surface area (Å²) in [5, 5.41) is 0. The zero-order valence-electron chi connectivity index (χ0n) is 8.19. The fourth-order valence-corrected chi connectivity index (χ4v) is 0.977. The third-order valence-corrected chi connectivity index (χ3v) is 1.56. The molecule has 14 heavy (non-hydrogen) atoms. The van der Waals surface area contributed by atoms with Crippen LogP contribution in [0.2, 0.25) is 0 Å². The van der Waals surface area contributed by atoms with Gasteiger partial charge in [0.05, 0.1) is 24.2 Å². The molecule has 0 saturated heterocycles. The average Bonchev–Trinajstić information content (AvgIpc) is 2.57. The molecule has 1 rings (SSSR count). The van der Waals surface area contributed by atoms with Crippen LogP contribution in [0.15, 0.2) is 29.2 Å². The summed E-state index contributed by atoms with van der Waals surface area (Å²) in [5.41, 5.74) is 6.27. The third kappa shape index (κ3) is 2.39. The second-order valence-corrected chi connectivity index (χ2v) is 3.05. The number of furan rings is 1. The number of hydrogen-bond donors (Lipinski definition) is 1. The number of carbonyl (C=O) groups excluding carboxylic acids is 1. The number of carbonyl (C=O) groups is 1. The molecule has 1 aromatic rings. The minimum absolute atomic E-state index is 0.163. The Balaban J connectivity index is 2.79. The van der Waals surface area contributed by atoms with E-state index < -0.39 is 5.97 Å². The quantitative estimate of drug-likeness (QED) is 0.586. The molecule has 0 aromatic carbocycles. The summed E-state index contributed by atoms with van der Waals surface area (Å²) in [7, 11) is 0. The molecule has 0 fully saturated rings. The molecule has 0 amide bonds. The van der Waals surface area contributed by atoms with E-state index in [2.05, 4.69) is 0 Å². The predicted octanol–water partition coefficient (Wildman–Crippen LogP) is 1.53. The minimum Gasteiger partial charge on any atom is -0.472 e. The predicted molar refractivity (Wildman–Crippen MR) is 52.1 cm³/mol. The average molecular weight is 195 g/mol. The molecular formula is C10H13NO3. The van der Waals surface area contributed by atoms with Crippen LogP contribution < -0.4 is 5.73 Å². The standard InChI is InChI=1S/C10H13NO3/c1-7(2)14-10(12)9(5-11)8-3-4-13-6-8/h3-7H,11H2,1-2H3/b9-5-. The van der Waals surface area contributed by atoms with E-state index in [0.29, 0.717) is 11.1 Å². The summed E-state index contributed by atoms with van der Waals surface area (Å²) in [6, 6.07) is 1.65. The molecule has 0 atom stereocenters. The molecule has 1 aromatic heterocycles. The van der Waals surface area contributed by atoms with Gasteiger partial charge in [-0.15, -0.1) is 0 Å². The maximum absolute atomic E-state index is 11.5. The van der Waals surface area contributed by atoms with Crippen molar-refractivity contribution in [2.45, 2.75) is 20.0 Å². The van der Waals surface area contributed by atoms with Crippen LogP contribution >= 0.6 is 0 Å². The SMILES string of the molecule is CC(C)OC(=O)/C(=C\N)c1ccoc1. The first kappa shape index (κ1) is 10.4. The van der Waals surface area contributed by atoms with Crippen LogP contribution in [0, 0.1) is 0 Å². The van der Waals surface area contributed by atoms with Crippen molar-refractivity contribution in [3.63, 3.8) is 0 Å². The zero-order valence-corrected chi connectivity index (χ0v) is 8.19. The molecule has 0 radical (unpaired) electrons. The van der Waals surface area contributed by atoms with Crippen molar-refractivity contribution in [2.75, 3.05) is 0 Å². The molecule has 0 spiro atoms. The maximum Gasteiger partial charge on any atom is 0.340 e. The molecule has 2 N–H and O–H groups in total. The lowest BCUT2D eigenvalue weighted by molar-refractivity contribution is -0.140. The molecule has 4 heteroatoms.